The van der Waals surface area contributed by atoms with E-state index in [1.807, 2.05) is 37.3 Å². The standard InChI is InChI=1S/C20H18ClF3N4O2/c1-2-15(17-25-10-16(27-17)12-6-4-3-5-7-12)28-18(29)13-8-14(21)19(26-9-13)30-11-20(22,23)24/h3-10,15H,2,11H2,1H3,(H,25,27)(H,28,29). The van der Waals surface area contributed by atoms with E-state index in [-0.39, 0.29) is 10.6 Å². The molecule has 0 saturated carbocycles. The second-order valence-corrected chi connectivity index (χ2v) is 6.80. The molecule has 1 atom stereocenters. The van der Waals surface area contributed by atoms with Crippen molar-refractivity contribution in [2.24, 2.45) is 0 Å². The van der Waals surface area contributed by atoms with E-state index in [9.17, 15) is 18.0 Å². The van der Waals surface area contributed by atoms with Crippen molar-refractivity contribution in [3.8, 4) is 17.1 Å². The largest absolute Gasteiger partial charge is 0.467 e. The SMILES string of the molecule is CCC(NC(=O)c1cnc(OCC(F)(F)F)c(Cl)c1)c1ncc(-c2ccccc2)[nH]1. The lowest BCUT2D eigenvalue weighted by atomic mass is 10.1. The third-order valence-electron chi connectivity index (χ3n) is 4.17. The van der Waals surface area contributed by atoms with E-state index in [1.165, 1.54) is 6.07 Å². The maximum atomic E-state index is 12.6. The maximum absolute atomic E-state index is 12.6. The highest BCUT2D eigenvalue weighted by atomic mass is 35.5. The van der Waals surface area contributed by atoms with Crippen molar-refractivity contribution in [1.82, 2.24) is 20.3 Å². The Bertz CT molecular complexity index is 1010. The van der Waals surface area contributed by atoms with Crippen LogP contribution in [-0.2, 0) is 0 Å². The number of rotatable bonds is 7. The Balaban J connectivity index is 1.70. The first-order valence-electron chi connectivity index (χ1n) is 9.03. The summed E-state index contributed by atoms with van der Waals surface area (Å²) in [6.07, 6.45) is -1.17. The minimum atomic E-state index is -4.52. The quantitative estimate of drug-likeness (QED) is 0.547. The number of imidazole rings is 1. The molecule has 2 heterocycles. The maximum Gasteiger partial charge on any atom is 0.422 e. The molecule has 6 nitrogen and oxygen atoms in total. The van der Waals surface area contributed by atoms with Gasteiger partial charge in [0.1, 0.15) is 10.8 Å². The zero-order valence-electron chi connectivity index (χ0n) is 15.8. The van der Waals surface area contributed by atoms with Crippen molar-refractivity contribution in [2.75, 3.05) is 6.61 Å². The van der Waals surface area contributed by atoms with Crippen LogP contribution in [0.5, 0.6) is 5.88 Å². The molecule has 0 radical (unpaired) electrons. The average Bonchev–Trinajstić information content (AvgIpc) is 3.21. The van der Waals surface area contributed by atoms with Crippen LogP contribution in [0.3, 0.4) is 0 Å². The molecule has 3 aromatic rings. The number of pyridine rings is 1. The summed E-state index contributed by atoms with van der Waals surface area (Å²) in [5.74, 6) is -0.304. The van der Waals surface area contributed by atoms with Gasteiger partial charge >= 0.3 is 6.18 Å². The van der Waals surface area contributed by atoms with E-state index in [0.717, 1.165) is 17.5 Å². The number of H-pyrrole nitrogens is 1. The minimum Gasteiger partial charge on any atom is -0.467 e. The fraction of sp³-hybridized carbons (Fsp3) is 0.250. The second-order valence-electron chi connectivity index (χ2n) is 6.40. The lowest BCUT2D eigenvalue weighted by Gasteiger charge is -2.15. The van der Waals surface area contributed by atoms with Gasteiger partial charge in [-0.15, -0.1) is 0 Å². The number of benzene rings is 1. The molecule has 0 saturated heterocycles. The summed E-state index contributed by atoms with van der Waals surface area (Å²) >= 11 is 5.91. The Morgan fingerprint density at radius 2 is 1.97 bits per heavy atom. The van der Waals surface area contributed by atoms with Crippen LogP contribution in [0.1, 0.15) is 35.6 Å². The number of nitrogens with zero attached hydrogens (tertiary/aromatic N) is 2. The Hall–Kier alpha value is -3.07. The van der Waals surface area contributed by atoms with E-state index in [2.05, 4.69) is 25.0 Å². The van der Waals surface area contributed by atoms with Crippen LogP contribution in [-0.4, -0.2) is 33.6 Å². The molecule has 1 amide bonds. The molecule has 1 unspecified atom stereocenters. The highest BCUT2D eigenvalue weighted by Gasteiger charge is 2.29. The summed E-state index contributed by atoms with van der Waals surface area (Å²) in [6.45, 7) is 0.361. The predicted molar refractivity (Wildman–Crippen MR) is 105 cm³/mol. The molecule has 2 N–H and O–H groups in total. The van der Waals surface area contributed by atoms with Crippen LogP contribution < -0.4 is 10.1 Å². The minimum absolute atomic E-state index is 0.0904. The molecule has 10 heteroatoms. The summed E-state index contributed by atoms with van der Waals surface area (Å²) in [5, 5.41) is 2.62. The van der Waals surface area contributed by atoms with Crippen LogP contribution >= 0.6 is 11.6 Å². The first-order chi connectivity index (χ1) is 14.3. The number of hydrogen-bond donors (Lipinski definition) is 2. The van der Waals surface area contributed by atoms with E-state index < -0.39 is 30.6 Å². The topological polar surface area (TPSA) is 79.9 Å². The van der Waals surface area contributed by atoms with Gasteiger partial charge in [0.25, 0.3) is 5.91 Å². The fourth-order valence-electron chi connectivity index (χ4n) is 2.69. The zero-order chi connectivity index (χ0) is 21.7. The number of aromatic nitrogens is 3. The van der Waals surface area contributed by atoms with Crippen molar-refractivity contribution in [3.05, 3.63) is 65.2 Å². The highest BCUT2D eigenvalue weighted by Crippen LogP contribution is 2.26. The molecule has 0 aliphatic rings. The normalized spacial score (nSPS) is 12.4. The summed E-state index contributed by atoms with van der Waals surface area (Å²) in [7, 11) is 0. The van der Waals surface area contributed by atoms with Crippen LogP contribution in [0.15, 0.2) is 48.8 Å². The van der Waals surface area contributed by atoms with Crippen molar-refractivity contribution >= 4 is 17.5 Å². The summed E-state index contributed by atoms with van der Waals surface area (Å²) < 4.78 is 41.3. The Morgan fingerprint density at radius 1 is 1.23 bits per heavy atom. The van der Waals surface area contributed by atoms with Gasteiger partial charge in [0, 0.05) is 6.20 Å². The molecular weight excluding hydrogens is 421 g/mol. The monoisotopic (exact) mass is 438 g/mol. The van der Waals surface area contributed by atoms with Gasteiger partial charge in [-0.3, -0.25) is 4.79 Å². The number of halogens is 4. The van der Waals surface area contributed by atoms with Gasteiger partial charge in [-0.2, -0.15) is 13.2 Å². The molecule has 0 aliphatic carbocycles. The van der Waals surface area contributed by atoms with Crippen molar-refractivity contribution < 1.29 is 22.7 Å². The highest BCUT2D eigenvalue weighted by molar-refractivity contribution is 6.32. The smallest absolute Gasteiger partial charge is 0.422 e. The van der Waals surface area contributed by atoms with Gasteiger partial charge in [-0.05, 0) is 18.1 Å². The molecule has 0 bridgehead atoms. The van der Waals surface area contributed by atoms with Crippen molar-refractivity contribution in [1.29, 1.82) is 0 Å². The fourth-order valence-corrected chi connectivity index (χ4v) is 2.91. The van der Waals surface area contributed by atoms with Gasteiger partial charge in [-0.25, -0.2) is 9.97 Å². The molecular formula is C20H18ClF3N4O2. The Morgan fingerprint density at radius 3 is 2.60 bits per heavy atom. The van der Waals surface area contributed by atoms with E-state index in [1.54, 1.807) is 6.20 Å². The van der Waals surface area contributed by atoms with Crippen molar-refractivity contribution in [2.45, 2.75) is 25.6 Å². The molecule has 3 rings (SSSR count). The van der Waals surface area contributed by atoms with E-state index in [0.29, 0.717) is 12.2 Å². The molecule has 0 spiro atoms. The second kappa shape index (κ2) is 9.17. The Labute approximate surface area is 175 Å². The lowest BCUT2D eigenvalue weighted by molar-refractivity contribution is -0.154. The lowest BCUT2D eigenvalue weighted by Crippen LogP contribution is -2.29. The molecule has 158 valence electrons. The Kier molecular flexibility index (Phi) is 6.61. The number of aromatic amines is 1. The van der Waals surface area contributed by atoms with Gasteiger partial charge in [0.15, 0.2) is 6.61 Å². The number of carbonyl (C=O) groups is 1. The predicted octanol–water partition coefficient (Wildman–Crippen LogP) is 4.95. The summed E-state index contributed by atoms with van der Waals surface area (Å²) in [4.78, 5) is 23.8. The third kappa shape index (κ3) is 5.50. The van der Waals surface area contributed by atoms with Crippen LogP contribution in [0.2, 0.25) is 5.02 Å². The van der Waals surface area contributed by atoms with Gasteiger partial charge in [-0.1, -0.05) is 48.9 Å². The number of nitrogens with one attached hydrogen (secondary N) is 2. The molecule has 2 aromatic heterocycles. The number of amides is 1. The number of ether oxygens (including phenoxy) is 1. The summed E-state index contributed by atoms with van der Waals surface area (Å²) in [6, 6.07) is 10.4. The molecule has 0 fully saturated rings. The third-order valence-corrected chi connectivity index (χ3v) is 4.44. The van der Waals surface area contributed by atoms with Gasteiger partial charge in [0.2, 0.25) is 5.88 Å². The van der Waals surface area contributed by atoms with Crippen LogP contribution in [0.25, 0.3) is 11.3 Å². The number of carbonyl (C=O) groups excluding carboxylic acids is 1. The average molecular weight is 439 g/mol. The first-order valence-corrected chi connectivity index (χ1v) is 9.41. The molecule has 1 aromatic carbocycles. The van der Waals surface area contributed by atoms with E-state index >= 15 is 0 Å². The number of hydrogen-bond acceptors (Lipinski definition) is 4. The van der Waals surface area contributed by atoms with E-state index in [4.69, 9.17) is 11.6 Å². The van der Waals surface area contributed by atoms with Gasteiger partial charge in [0.05, 0.1) is 23.5 Å². The number of alkyl halides is 3. The molecule has 0 aliphatic heterocycles. The van der Waals surface area contributed by atoms with Crippen LogP contribution in [0.4, 0.5) is 13.2 Å². The van der Waals surface area contributed by atoms with Crippen molar-refractivity contribution in [3.63, 3.8) is 0 Å². The van der Waals surface area contributed by atoms with Gasteiger partial charge < -0.3 is 15.0 Å². The summed E-state index contributed by atoms with van der Waals surface area (Å²) in [5.41, 5.74) is 1.87. The molecule has 30 heavy (non-hydrogen) atoms. The zero-order valence-corrected chi connectivity index (χ0v) is 16.6. The first kappa shape index (κ1) is 21.6. The van der Waals surface area contributed by atoms with Crippen LogP contribution in [0, 0.1) is 0 Å².